The number of aromatic nitrogens is 2. The minimum atomic E-state index is -0.432. The minimum absolute atomic E-state index is 0.161. The molecule has 1 heterocycles. The van der Waals surface area contributed by atoms with E-state index in [-0.39, 0.29) is 17.6 Å². The smallest absolute Gasteiger partial charge is 0.324 e. The van der Waals surface area contributed by atoms with E-state index in [1.807, 2.05) is 18.2 Å². The van der Waals surface area contributed by atoms with Crippen LogP contribution in [-0.4, -0.2) is 27.6 Å². The lowest BCUT2D eigenvalue weighted by atomic mass is 9.95. The molecule has 0 spiro atoms. The first kappa shape index (κ1) is 16.4. The highest BCUT2D eigenvalue weighted by Gasteiger charge is 2.22. The van der Waals surface area contributed by atoms with Crippen molar-refractivity contribution in [1.29, 1.82) is 0 Å². The quantitative estimate of drug-likeness (QED) is 0.792. The highest BCUT2D eigenvalue weighted by molar-refractivity contribution is 7.10. The highest BCUT2D eigenvalue weighted by Crippen LogP contribution is 2.21. The number of amides is 3. The van der Waals surface area contributed by atoms with Gasteiger partial charge in [0.1, 0.15) is 0 Å². The number of nitrogens with one attached hydrogen (secondary N) is 3. The minimum Gasteiger partial charge on any atom is -0.348 e. The zero-order chi connectivity index (χ0) is 16.8. The molecule has 0 atom stereocenters. The Morgan fingerprint density at radius 3 is 2.54 bits per heavy atom. The van der Waals surface area contributed by atoms with Gasteiger partial charge in [-0.05, 0) is 25.0 Å². The molecule has 0 aliphatic heterocycles. The molecule has 0 radical (unpaired) electrons. The molecule has 126 valence electrons. The van der Waals surface area contributed by atoms with Crippen molar-refractivity contribution in [1.82, 2.24) is 14.9 Å². The molecular weight excluding hydrogens is 326 g/mol. The van der Waals surface area contributed by atoms with Crippen LogP contribution in [0.3, 0.4) is 0 Å². The van der Waals surface area contributed by atoms with Crippen molar-refractivity contribution in [2.45, 2.75) is 38.1 Å². The van der Waals surface area contributed by atoms with E-state index in [9.17, 15) is 9.59 Å². The average Bonchev–Trinajstić information content (AvgIpc) is 3.04. The van der Waals surface area contributed by atoms with Gasteiger partial charge in [-0.2, -0.15) is 0 Å². The molecule has 1 saturated carbocycles. The Morgan fingerprint density at radius 2 is 1.79 bits per heavy atom. The maximum absolute atomic E-state index is 12.4. The third-order valence-electron chi connectivity index (χ3n) is 3.90. The Hall–Kier alpha value is -2.48. The lowest BCUT2D eigenvalue weighted by molar-refractivity contribution is 0.0923. The Kier molecular flexibility index (Phi) is 5.37. The second kappa shape index (κ2) is 7.87. The largest absolute Gasteiger partial charge is 0.348 e. The summed E-state index contributed by atoms with van der Waals surface area (Å²) in [6.45, 7) is 0. The molecular formula is C16H19N5O2S. The fourth-order valence-electron chi connectivity index (χ4n) is 2.71. The van der Waals surface area contributed by atoms with E-state index in [1.54, 1.807) is 12.1 Å². The number of carbonyl (C=O) groups is 2. The summed E-state index contributed by atoms with van der Waals surface area (Å²) in [5.41, 5.74) is 0.828. The van der Waals surface area contributed by atoms with Crippen molar-refractivity contribution >= 4 is 34.2 Å². The van der Waals surface area contributed by atoms with Gasteiger partial charge >= 0.3 is 6.03 Å². The lowest BCUT2D eigenvalue weighted by Gasteiger charge is -2.22. The Morgan fingerprint density at radius 1 is 1.04 bits per heavy atom. The van der Waals surface area contributed by atoms with Crippen LogP contribution in [0.1, 0.15) is 42.6 Å². The number of rotatable bonds is 4. The van der Waals surface area contributed by atoms with Crippen LogP contribution in [0, 0.1) is 0 Å². The monoisotopic (exact) mass is 345 g/mol. The van der Waals surface area contributed by atoms with E-state index in [0.29, 0.717) is 10.7 Å². The highest BCUT2D eigenvalue weighted by atomic mass is 32.1. The first-order valence-corrected chi connectivity index (χ1v) is 8.76. The fraction of sp³-hybridized carbons (Fsp3) is 0.375. The summed E-state index contributed by atoms with van der Waals surface area (Å²) in [7, 11) is 0. The Labute approximate surface area is 144 Å². The van der Waals surface area contributed by atoms with Crippen LogP contribution < -0.4 is 16.0 Å². The SMILES string of the molecule is O=C(Nc1ccccc1)Nc1snnc1C(=O)NC1CCCCC1. The maximum Gasteiger partial charge on any atom is 0.324 e. The number of urea groups is 1. The molecule has 8 heteroatoms. The van der Waals surface area contributed by atoms with E-state index in [0.717, 1.165) is 37.2 Å². The van der Waals surface area contributed by atoms with E-state index >= 15 is 0 Å². The summed E-state index contributed by atoms with van der Waals surface area (Å²) in [5.74, 6) is -0.286. The predicted octanol–water partition coefficient (Wildman–Crippen LogP) is 3.24. The van der Waals surface area contributed by atoms with Crippen molar-refractivity contribution in [3.8, 4) is 0 Å². The van der Waals surface area contributed by atoms with Gasteiger partial charge in [0.05, 0.1) is 0 Å². The van der Waals surface area contributed by atoms with Gasteiger partial charge in [0.2, 0.25) is 0 Å². The third kappa shape index (κ3) is 4.29. The van der Waals surface area contributed by atoms with E-state index in [4.69, 9.17) is 0 Å². The van der Waals surface area contributed by atoms with Crippen LogP contribution in [-0.2, 0) is 0 Å². The topological polar surface area (TPSA) is 96.0 Å². The first-order chi connectivity index (χ1) is 11.7. The zero-order valence-electron chi connectivity index (χ0n) is 13.1. The lowest BCUT2D eigenvalue weighted by Crippen LogP contribution is -2.36. The van der Waals surface area contributed by atoms with Crippen LogP contribution in [0.4, 0.5) is 15.5 Å². The van der Waals surface area contributed by atoms with Gasteiger partial charge in [-0.15, -0.1) is 5.10 Å². The van der Waals surface area contributed by atoms with Gasteiger partial charge in [0, 0.05) is 23.3 Å². The zero-order valence-corrected chi connectivity index (χ0v) is 13.9. The molecule has 1 aromatic heterocycles. The van der Waals surface area contributed by atoms with Crippen LogP contribution in [0.2, 0.25) is 0 Å². The van der Waals surface area contributed by atoms with Crippen LogP contribution >= 0.6 is 11.5 Å². The van der Waals surface area contributed by atoms with Gasteiger partial charge in [0.15, 0.2) is 10.7 Å². The number of anilines is 2. The van der Waals surface area contributed by atoms with Gasteiger partial charge in [-0.1, -0.05) is 41.9 Å². The normalized spacial score (nSPS) is 14.8. The summed E-state index contributed by atoms with van der Waals surface area (Å²) in [4.78, 5) is 24.4. The summed E-state index contributed by atoms with van der Waals surface area (Å²) in [6.07, 6.45) is 5.45. The number of carbonyl (C=O) groups excluding carboxylic acids is 2. The first-order valence-electron chi connectivity index (χ1n) is 7.98. The summed E-state index contributed by atoms with van der Waals surface area (Å²) < 4.78 is 3.78. The van der Waals surface area contributed by atoms with Crippen molar-refractivity contribution < 1.29 is 9.59 Å². The molecule has 0 unspecified atom stereocenters. The van der Waals surface area contributed by atoms with E-state index in [1.165, 1.54) is 6.42 Å². The Bertz CT molecular complexity index is 698. The van der Waals surface area contributed by atoms with Gasteiger partial charge in [-0.25, -0.2) is 4.79 Å². The summed E-state index contributed by atoms with van der Waals surface area (Å²) in [6, 6.07) is 8.82. The third-order valence-corrected chi connectivity index (χ3v) is 4.54. The molecule has 1 fully saturated rings. The van der Waals surface area contributed by atoms with Crippen molar-refractivity contribution in [3.05, 3.63) is 36.0 Å². The number of benzene rings is 1. The van der Waals surface area contributed by atoms with Gasteiger partial charge in [-0.3, -0.25) is 10.1 Å². The maximum atomic E-state index is 12.4. The molecule has 1 aromatic carbocycles. The molecule has 0 bridgehead atoms. The molecule has 1 aliphatic carbocycles. The van der Waals surface area contributed by atoms with Gasteiger partial charge in [0.25, 0.3) is 5.91 Å². The molecule has 3 N–H and O–H groups in total. The number of nitrogens with zero attached hydrogens (tertiary/aromatic N) is 2. The van der Waals surface area contributed by atoms with Crippen LogP contribution in [0.15, 0.2) is 30.3 Å². The Balaban J connectivity index is 1.60. The molecule has 2 aromatic rings. The van der Waals surface area contributed by atoms with Crippen LogP contribution in [0.5, 0.6) is 0 Å². The fourth-order valence-corrected chi connectivity index (χ4v) is 3.27. The number of hydrogen-bond donors (Lipinski definition) is 3. The second-order valence-electron chi connectivity index (χ2n) is 5.70. The molecule has 1 aliphatic rings. The summed E-state index contributed by atoms with van der Waals surface area (Å²) in [5, 5.41) is 12.5. The van der Waals surface area contributed by atoms with E-state index in [2.05, 4.69) is 25.5 Å². The predicted molar refractivity (Wildman–Crippen MR) is 93.3 cm³/mol. The van der Waals surface area contributed by atoms with Crippen molar-refractivity contribution in [2.75, 3.05) is 10.6 Å². The molecule has 3 rings (SSSR count). The van der Waals surface area contributed by atoms with Crippen molar-refractivity contribution in [3.63, 3.8) is 0 Å². The molecule has 0 saturated heterocycles. The average molecular weight is 345 g/mol. The number of hydrogen-bond acceptors (Lipinski definition) is 5. The summed E-state index contributed by atoms with van der Waals surface area (Å²) >= 11 is 0.985. The van der Waals surface area contributed by atoms with Crippen LogP contribution in [0.25, 0.3) is 0 Å². The molecule has 3 amide bonds. The standard InChI is InChI=1S/C16H19N5O2S/c22-14(17-11-7-3-1-4-8-11)13-15(24-21-20-13)19-16(23)18-12-9-5-2-6-10-12/h2,5-6,9-11H,1,3-4,7-8H2,(H,17,22)(H2,18,19,23). The van der Waals surface area contributed by atoms with Gasteiger partial charge < -0.3 is 10.6 Å². The van der Waals surface area contributed by atoms with E-state index < -0.39 is 6.03 Å². The number of para-hydroxylation sites is 1. The molecule has 24 heavy (non-hydrogen) atoms. The van der Waals surface area contributed by atoms with Crippen molar-refractivity contribution in [2.24, 2.45) is 0 Å². The molecule has 7 nitrogen and oxygen atoms in total. The second-order valence-corrected chi connectivity index (χ2v) is 6.46.